The minimum Gasteiger partial charge on any atom is -0.383 e. The van der Waals surface area contributed by atoms with Gasteiger partial charge < -0.3 is 10.1 Å². The summed E-state index contributed by atoms with van der Waals surface area (Å²) in [6.45, 7) is 11.2. The van der Waals surface area contributed by atoms with Gasteiger partial charge in [-0.1, -0.05) is 20.8 Å². The molecule has 0 radical (unpaired) electrons. The van der Waals surface area contributed by atoms with Crippen molar-refractivity contribution >= 4 is 0 Å². The van der Waals surface area contributed by atoms with Gasteiger partial charge in [-0.15, -0.1) is 0 Å². The minimum atomic E-state index is 0.684. The lowest BCUT2D eigenvalue weighted by Crippen LogP contribution is -2.54. The van der Waals surface area contributed by atoms with Crippen LogP contribution in [0.4, 0.5) is 0 Å². The van der Waals surface area contributed by atoms with Gasteiger partial charge >= 0.3 is 0 Å². The van der Waals surface area contributed by atoms with E-state index in [1.54, 1.807) is 7.11 Å². The van der Waals surface area contributed by atoms with Crippen LogP contribution in [0.3, 0.4) is 0 Å². The van der Waals surface area contributed by atoms with Crippen LogP contribution in [-0.2, 0) is 4.74 Å². The average molecular weight is 242 g/mol. The standard InChI is InChI=1S/C14H30N2O/c1-5-13(6-2)16(9-10-17-4)14-11-15-8-7-12(14)3/h12-15H,5-11H2,1-4H3. The Bertz CT molecular complexity index is 195. The SMILES string of the molecule is CCC(CC)N(CCOC)C1CNCCC1C. The Kier molecular flexibility index (Phi) is 7.09. The lowest BCUT2D eigenvalue weighted by Gasteiger charge is -2.43. The van der Waals surface area contributed by atoms with E-state index in [0.717, 1.165) is 25.6 Å². The molecule has 1 aliphatic heterocycles. The van der Waals surface area contributed by atoms with Crippen LogP contribution in [0.5, 0.6) is 0 Å². The second-order valence-electron chi connectivity index (χ2n) is 5.24. The molecule has 0 amide bonds. The number of piperidine rings is 1. The molecule has 102 valence electrons. The Hall–Kier alpha value is -0.120. The van der Waals surface area contributed by atoms with Crippen molar-refractivity contribution < 1.29 is 4.74 Å². The van der Waals surface area contributed by atoms with E-state index in [9.17, 15) is 0 Å². The van der Waals surface area contributed by atoms with Crippen molar-refractivity contribution in [1.29, 1.82) is 0 Å². The van der Waals surface area contributed by atoms with Crippen molar-refractivity contribution in [3.05, 3.63) is 0 Å². The van der Waals surface area contributed by atoms with E-state index >= 15 is 0 Å². The van der Waals surface area contributed by atoms with Gasteiger partial charge in [-0.2, -0.15) is 0 Å². The summed E-state index contributed by atoms with van der Waals surface area (Å²) in [7, 11) is 1.80. The zero-order chi connectivity index (χ0) is 12.7. The summed E-state index contributed by atoms with van der Waals surface area (Å²) < 4.78 is 5.28. The van der Waals surface area contributed by atoms with Crippen molar-refractivity contribution in [3.8, 4) is 0 Å². The molecule has 0 aromatic rings. The molecule has 1 saturated heterocycles. The molecule has 0 aliphatic carbocycles. The fourth-order valence-corrected chi connectivity index (χ4v) is 2.99. The van der Waals surface area contributed by atoms with Crippen LogP contribution < -0.4 is 5.32 Å². The van der Waals surface area contributed by atoms with E-state index in [-0.39, 0.29) is 0 Å². The Morgan fingerprint density at radius 1 is 1.35 bits per heavy atom. The molecule has 3 heteroatoms. The van der Waals surface area contributed by atoms with Crippen LogP contribution in [0.1, 0.15) is 40.0 Å². The van der Waals surface area contributed by atoms with Gasteiger partial charge in [0.1, 0.15) is 0 Å². The monoisotopic (exact) mass is 242 g/mol. The van der Waals surface area contributed by atoms with Gasteiger partial charge in [-0.25, -0.2) is 0 Å². The first-order valence-electron chi connectivity index (χ1n) is 7.19. The fourth-order valence-electron chi connectivity index (χ4n) is 2.99. The van der Waals surface area contributed by atoms with E-state index in [0.29, 0.717) is 12.1 Å². The van der Waals surface area contributed by atoms with E-state index < -0.39 is 0 Å². The van der Waals surface area contributed by atoms with Gasteiger partial charge in [0.25, 0.3) is 0 Å². The first kappa shape index (κ1) is 14.9. The maximum atomic E-state index is 5.28. The zero-order valence-corrected chi connectivity index (χ0v) is 12.0. The highest BCUT2D eigenvalue weighted by Crippen LogP contribution is 2.22. The van der Waals surface area contributed by atoms with Crippen molar-refractivity contribution in [3.63, 3.8) is 0 Å². The van der Waals surface area contributed by atoms with Gasteiger partial charge in [-0.3, -0.25) is 4.90 Å². The molecule has 2 unspecified atom stereocenters. The van der Waals surface area contributed by atoms with Crippen molar-refractivity contribution in [2.24, 2.45) is 5.92 Å². The fraction of sp³-hybridized carbons (Fsp3) is 1.00. The van der Waals surface area contributed by atoms with Gasteiger partial charge in [0.2, 0.25) is 0 Å². The Morgan fingerprint density at radius 2 is 2.06 bits per heavy atom. The molecule has 1 aliphatic rings. The van der Waals surface area contributed by atoms with Crippen molar-refractivity contribution in [1.82, 2.24) is 10.2 Å². The molecule has 1 heterocycles. The summed E-state index contributed by atoms with van der Waals surface area (Å²) >= 11 is 0. The van der Waals surface area contributed by atoms with E-state index in [1.165, 1.54) is 25.8 Å². The second-order valence-corrected chi connectivity index (χ2v) is 5.24. The normalized spacial score (nSPS) is 25.8. The number of nitrogens with zero attached hydrogens (tertiary/aromatic N) is 1. The van der Waals surface area contributed by atoms with E-state index in [4.69, 9.17) is 4.74 Å². The number of rotatable bonds is 7. The highest BCUT2D eigenvalue weighted by Gasteiger charge is 2.30. The smallest absolute Gasteiger partial charge is 0.0589 e. The van der Waals surface area contributed by atoms with Gasteiger partial charge in [0.05, 0.1) is 6.61 Å². The Morgan fingerprint density at radius 3 is 2.59 bits per heavy atom. The maximum Gasteiger partial charge on any atom is 0.0589 e. The van der Waals surface area contributed by atoms with Crippen LogP contribution in [0.2, 0.25) is 0 Å². The van der Waals surface area contributed by atoms with Crippen LogP contribution in [-0.4, -0.2) is 50.3 Å². The third-order valence-electron chi connectivity index (χ3n) is 4.18. The molecule has 1 N–H and O–H groups in total. The number of hydrogen-bond donors (Lipinski definition) is 1. The van der Waals surface area contributed by atoms with Crippen LogP contribution in [0, 0.1) is 5.92 Å². The summed E-state index contributed by atoms with van der Waals surface area (Å²) in [6, 6.07) is 1.39. The lowest BCUT2D eigenvalue weighted by atomic mass is 9.91. The van der Waals surface area contributed by atoms with Crippen LogP contribution in [0.25, 0.3) is 0 Å². The van der Waals surface area contributed by atoms with Crippen molar-refractivity contribution in [2.75, 3.05) is 33.4 Å². The molecule has 0 spiro atoms. The topological polar surface area (TPSA) is 24.5 Å². The minimum absolute atomic E-state index is 0.684. The van der Waals surface area contributed by atoms with Gasteiger partial charge in [-0.05, 0) is 31.7 Å². The van der Waals surface area contributed by atoms with E-state index in [2.05, 4.69) is 31.0 Å². The highest BCUT2D eigenvalue weighted by molar-refractivity contribution is 4.86. The summed E-state index contributed by atoms with van der Waals surface area (Å²) in [4.78, 5) is 2.68. The molecule has 0 aromatic carbocycles. The molecule has 1 rings (SSSR count). The van der Waals surface area contributed by atoms with Gasteiger partial charge in [0, 0.05) is 32.3 Å². The van der Waals surface area contributed by atoms with Crippen LogP contribution in [0.15, 0.2) is 0 Å². The molecule has 17 heavy (non-hydrogen) atoms. The zero-order valence-electron chi connectivity index (χ0n) is 12.0. The summed E-state index contributed by atoms with van der Waals surface area (Å²) in [5, 5.41) is 3.54. The van der Waals surface area contributed by atoms with Crippen LogP contribution >= 0.6 is 0 Å². The first-order valence-corrected chi connectivity index (χ1v) is 7.19. The first-order chi connectivity index (χ1) is 8.24. The molecular weight excluding hydrogens is 212 g/mol. The Balaban J connectivity index is 2.65. The molecule has 1 fully saturated rings. The predicted octanol–water partition coefficient (Wildman–Crippen LogP) is 2.12. The predicted molar refractivity (Wildman–Crippen MR) is 73.4 cm³/mol. The molecule has 0 bridgehead atoms. The largest absolute Gasteiger partial charge is 0.383 e. The summed E-state index contributed by atoms with van der Waals surface area (Å²) in [5.41, 5.74) is 0. The number of methoxy groups -OCH3 is 1. The Labute approximate surface area is 107 Å². The molecule has 0 aromatic heterocycles. The molecule has 3 nitrogen and oxygen atoms in total. The maximum absolute atomic E-state index is 5.28. The molecular formula is C14H30N2O. The van der Waals surface area contributed by atoms with E-state index in [1.807, 2.05) is 0 Å². The number of nitrogens with one attached hydrogen (secondary N) is 1. The molecule has 2 atom stereocenters. The molecule has 0 saturated carbocycles. The number of hydrogen-bond acceptors (Lipinski definition) is 3. The summed E-state index contributed by atoms with van der Waals surface area (Å²) in [5.74, 6) is 0.800. The third-order valence-corrected chi connectivity index (χ3v) is 4.18. The number of ether oxygens (including phenoxy) is 1. The second kappa shape index (κ2) is 8.06. The van der Waals surface area contributed by atoms with Gasteiger partial charge in [0.15, 0.2) is 0 Å². The lowest BCUT2D eigenvalue weighted by molar-refractivity contribution is 0.0458. The average Bonchev–Trinajstić information content (AvgIpc) is 2.36. The third kappa shape index (κ3) is 4.23. The quantitative estimate of drug-likeness (QED) is 0.740. The highest BCUT2D eigenvalue weighted by atomic mass is 16.5. The van der Waals surface area contributed by atoms with Crippen molar-refractivity contribution in [2.45, 2.75) is 52.1 Å². The summed E-state index contributed by atoms with van der Waals surface area (Å²) in [6.07, 6.45) is 3.78.